The molecule has 0 spiro atoms. The molecule has 10 heteroatoms. The molecule has 0 aromatic carbocycles. The van der Waals surface area contributed by atoms with Crippen molar-refractivity contribution >= 4 is 11.9 Å². The van der Waals surface area contributed by atoms with E-state index in [1.807, 2.05) is 10.9 Å². The third-order valence-electron chi connectivity index (χ3n) is 12.6. The van der Waals surface area contributed by atoms with Crippen LogP contribution in [0.3, 0.4) is 0 Å². The maximum atomic E-state index is 12.9. The highest BCUT2D eigenvalue weighted by atomic mass is 16.7. The van der Waals surface area contributed by atoms with Crippen LogP contribution in [0.25, 0.3) is 0 Å². The summed E-state index contributed by atoms with van der Waals surface area (Å²) in [7, 11) is 0. The Hall–Kier alpha value is -2.04. The summed E-state index contributed by atoms with van der Waals surface area (Å²) in [6.07, 6.45) is 43.3. The average Bonchev–Trinajstić information content (AvgIpc) is 3.75. The van der Waals surface area contributed by atoms with Gasteiger partial charge in [-0.1, -0.05) is 167 Å². The van der Waals surface area contributed by atoms with Crippen LogP contribution in [0.2, 0.25) is 0 Å². The Morgan fingerprint density at radius 2 is 1.16 bits per heavy atom. The lowest BCUT2D eigenvalue weighted by molar-refractivity contribution is -0.169. The van der Waals surface area contributed by atoms with Gasteiger partial charge in [0.05, 0.1) is 26.0 Å². The van der Waals surface area contributed by atoms with E-state index in [0.717, 1.165) is 135 Å². The topological polar surface area (TPSA) is 105 Å². The second kappa shape index (κ2) is 41.7. The number of nitrogens with zero attached hydrogens (tertiary/aromatic N) is 4. The Balaban J connectivity index is 1.68. The van der Waals surface area contributed by atoms with E-state index in [-0.39, 0.29) is 24.3 Å². The van der Waals surface area contributed by atoms with Gasteiger partial charge in [0.15, 0.2) is 6.29 Å². The molecule has 2 rings (SSSR count). The van der Waals surface area contributed by atoms with Gasteiger partial charge in [-0.15, -0.1) is 5.10 Å². The second-order valence-electron chi connectivity index (χ2n) is 18.5. The van der Waals surface area contributed by atoms with Crippen molar-refractivity contribution < 1.29 is 28.5 Å². The van der Waals surface area contributed by atoms with Gasteiger partial charge in [0.2, 0.25) is 0 Å². The summed E-state index contributed by atoms with van der Waals surface area (Å²) >= 11 is 0. The molecule has 1 aliphatic rings. The lowest BCUT2D eigenvalue weighted by Crippen LogP contribution is -2.30. The lowest BCUT2D eigenvalue weighted by Gasteiger charge is -2.22. The summed E-state index contributed by atoms with van der Waals surface area (Å²) in [5.41, 5.74) is 0.838. The highest BCUT2D eigenvalue weighted by molar-refractivity contribution is 5.69. The number of aromatic nitrogens is 3. The highest BCUT2D eigenvalue weighted by Gasteiger charge is 2.16. The third-order valence-corrected chi connectivity index (χ3v) is 12.6. The van der Waals surface area contributed by atoms with Crippen molar-refractivity contribution in [3.8, 4) is 0 Å². The molecule has 0 amide bonds. The van der Waals surface area contributed by atoms with E-state index in [9.17, 15) is 9.59 Å². The molecule has 0 aliphatic carbocycles. The number of carbonyl (C=O) groups is 2. The van der Waals surface area contributed by atoms with Crippen LogP contribution < -0.4 is 0 Å². The van der Waals surface area contributed by atoms with Gasteiger partial charge in [0.1, 0.15) is 11.8 Å². The van der Waals surface area contributed by atoms with Crippen LogP contribution in [-0.4, -0.2) is 77.1 Å². The molecule has 62 heavy (non-hydrogen) atoms. The van der Waals surface area contributed by atoms with E-state index in [4.69, 9.17) is 18.9 Å². The van der Waals surface area contributed by atoms with Gasteiger partial charge in [-0.3, -0.25) is 14.3 Å². The Kier molecular flexibility index (Phi) is 37.7. The van der Waals surface area contributed by atoms with Gasteiger partial charge in [0, 0.05) is 26.0 Å². The molecule has 1 fully saturated rings. The van der Waals surface area contributed by atoms with Crippen molar-refractivity contribution in [1.82, 2.24) is 19.9 Å². The second-order valence-corrected chi connectivity index (χ2v) is 18.5. The van der Waals surface area contributed by atoms with Gasteiger partial charge >= 0.3 is 11.9 Å². The van der Waals surface area contributed by atoms with Gasteiger partial charge < -0.3 is 23.8 Å². The van der Waals surface area contributed by atoms with E-state index in [0.29, 0.717) is 26.1 Å². The zero-order valence-corrected chi connectivity index (χ0v) is 40.9. The number of unbranched alkanes of at least 4 members (excludes halogenated alkanes) is 24. The first kappa shape index (κ1) is 56.1. The molecule has 1 saturated heterocycles. The summed E-state index contributed by atoms with van der Waals surface area (Å²) in [6.45, 7) is 12.3. The SMILES string of the molecule is CCCCCCCCCCCOC(=O)CCCCCN(CCCCCCCC(=O)OC(CCCCCCCC)CCCCCCCC)CCn1cc(COC2CCCCO2)nn1. The van der Waals surface area contributed by atoms with Crippen LogP contribution in [0.15, 0.2) is 6.20 Å². The van der Waals surface area contributed by atoms with E-state index in [2.05, 4.69) is 36.0 Å². The molecule has 0 saturated carbocycles. The van der Waals surface area contributed by atoms with E-state index < -0.39 is 0 Å². The lowest BCUT2D eigenvalue weighted by atomic mass is 10.0. The standard InChI is InChI=1S/C52H98N4O6/c1-4-7-10-13-16-17-18-24-33-44-59-50(57)37-29-25-32-41-55(42-43-56-46-48(53-54-56)47-61-52-39-30-34-45-60-52)40-31-23-19-22-28-38-51(58)62-49(35-26-20-14-11-8-5-2)36-27-21-15-12-9-6-3/h46,49,52H,4-45,47H2,1-3H3. The van der Waals surface area contributed by atoms with E-state index in [1.165, 1.54) is 122 Å². The fraction of sp³-hybridized carbons (Fsp3) is 0.923. The number of hydrogen-bond acceptors (Lipinski definition) is 9. The maximum Gasteiger partial charge on any atom is 0.306 e. The molecule has 0 N–H and O–H groups in total. The summed E-state index contributed by atoms with van der Waals surface area (Å²) in [5.74, 6) is -0.0350. The number of carbonyl (C=O) groups excluding carboxylic acids is 2. The number of esters is 2. The molecule has 1 atom stereocenters. The van der Waals surface area contributed by atoms with Crippen molar-refractivity contribution in [1.29, 1.82) is 0 Å². The summed E-state index contributed by atoms with van der Waals surface area (Å²) < 4.78 is 25.2. The minimum atomic E-state index is -0.133. The smallest absolute Gasteiger partial charge is 0.306 e. The molecular formula is C52H98N4O6. The fourth-order valence-electron chi connectivity index (χ4n) is 8.51. The van der Waals surface area contributed by atoms with Crippen LogP contribution in [0.5, 0.6) is 0 Å². The normalized spacial score (nSPS) is 14.3. The summed E-state index contributed by atoms with van der Waals surface area (Å²) in [4.78, 5) is 27.8. The monoisotopic (exact) mass is 875 g/mol. The molecular weight excluding hydrogens is 777 g/mol. The molecule has 362 valence electrons. The third kappa shape index (κ3) is 33.5. The molecule has 0 radical (unpaired) electrons. The van der Waals surface area contributed by atoms with Gasteiger partial charge in [-0.05, 0) is 90.1 Å². The zero-order chi connectivity index (χ0) is 44.4. The van der Waals surface area contributed by atoms with Crippen molar-refractivity contribution in [2.24, 2.45) is 0 Å². The van der Waals surface area contributed by atoms with Crippen LogP contribution in [0, 0.1) is 0 Å². The van der Waals surface area contributed by atoms with Crippen molar-refractivity contribution in [3.05, 3.63) is 11.9 Å². The zero-order valence-electron chi connectivity index (χ0n) is 40.9. The largest absolute Gasteiger partial charge is 0.466 e. The first-order valence-corrected chi connectivity index (χ1v) is 26.7. The predicted molar refractivity (Wildman–Crippen MR) is 255 cm³/mol. The first-order valence-electron chi connectivity index (χ1n) is 26.7. The van der Waals surface area contributed by atoms with Crippen LogP contribution in [0.4, 0.5) is 0 Å². The predicted octanol–water partition coefficient (Wildman–Crippen LogP) is 14.0. The highest BCUT2D eigenvalue weighted by Crippen LogP contribution is 2.19. The Labute approximate surface area is 381 Å². The van der Waals surface area contributed by atoms with Crippen LogP contribution in [-0.2, 0) is 41.7 Å². The van der Waals surface area contributed by atoms with Gasteiger partial charge in [0.25, 0.3) is 0 Å². The number of rotatable bonds is 45. The minimum Gasteiger partial charge on any atom is -0.466 e. The van der Waals surface area contributed by atoms with Crippen molar-refractivity contribution in [2.45, 2.75) is 277 Å². The number of hydrogen-bond donors (Lipinski definition) is 0. The van der Waals surface area contributed by atoms with Crippen molar-refractivity contribution in [2.75, 3.05) is 32.8 Å². The minimum absolute atomic E-state index is 0.00959. The Morgan fingerprint density at radius 1 is 0.645 bits per heavy atom. The van der Waals surface area contributed by atoms with Crippen molar-refractivity contribution in [3.63, 3.8) is 0 Å². The maximum absolute atomic E-state index is 12.9. The molecule has 2 heterocycles. The fourth-order valence-corrected chi connectivity index (χ4v) is 8.51. The molecule has 1 aromatic heterocycles. The first-order chi connectivity index (χ1) is 30.5. The van der Waals surface area contributed by atoms with Crippen LogP contribution >= 0.6 is 0 Å². The van der Waals surface area contributed by atoms with Gasteiger partial charge in [-0.2, -0.15) is 0 Å². The molecule has 1 aromatic rings. The molecule has 10 nitrogen and oxygen atoms in total. The molecule has 0 bridgehead atoms. The Bertz CT molecular complexity index is 1130. The summed E-state index contributed by atoms with van der Waals surface area (Å²) in [6, 6.07) is 0. The quantitative estimate of drug-likeness (QED) is 0.0468. The summed E-state index contributed by atoms with van der Waals surface area (Å²) in [5, 5.41) is 8.74. The van der Waals surface area contributed by atoms with E-state index in [1.54, 1.807) is 0 Å². The molecule has 1 unspecified atom stereocenters. The Morgan fingerprint density at radius 3 is 1.74 bits per heavy atom. The number of ether oxygens (including phenoxy) is 4. The molecule has 1 aliphatic heterocycles. The van der Waals surface area contributed by atoms with E-state index >= 15 is 0 Å². The average molecular weight is 875 g/mol. The van der Waals surface area contributed by atoms with Gasteiger partial charge in [-0.25, -0.2) is 0 Å². The van der Waals surface area contributed by atoms with Crippen LogP contribution in [0.1, 0.15) is 258 Å².